The van der Waals surface area contributed by atoms with Crippen LogP contribution in [0.15, 0.2) is 42.5 Å². The molecule has 9 nitrogen and oxygen atoms in total. The van der Waals surface area contributed by atoms with Crippen LogP contribution in [0.3, 0.4) is 0 Å². The summed E-state index contributed by atoms with van der Waals surface area (Å²) >= 11 is 0. The summed E-state index contributed by atoms with van der Waals surface area (Å²) in [5.41, 5.74) is 3.25. The summed E-state index contributed by atoms with van der Waals surface area (Å²) in [6.45, 7) is 2.80. The first-order valence-corrected chi connectivity index (χ1v) is 14.1. The molecule has 3 N–H and O–H groups in total. The standard InChI is InChI=1S/C26H33N3O6S/c1-2-35-24-15-20(26(32)29-9-11-36(33,34)12-10-29)7-8-23(24)25(31)28-17-22(30)16-27-21-13-18-5-3-4-6-19(18)14-21/h3-8,15,21-22,27,30H,2,9-14,16-17H2,1H3,(H,28,31). The Balaban J connectivity index is 1.30. The zero-order chi connectivity index (χ0) is 25.7. The van der Waals surface area contributed by atoms with E-state index >= 15 is 0 Å². The molecule has 194 valence electrons. The lowest BCUT2D eigenvalue weighted by Crippen LogP contribution is -2.43. The Morgan fingerprint density at radius 3 is 2.39 bits per heavy atom. The fraction of sp³-hybridized carbons (Fsp3) is 0.462. The molecule has 36 heavy (non-hydrogen) atoms. The van der Waals surface area contributed by atoms with Crippen molar-refractivity contribution < 1.29 is 27.9 Å². The van der Waals surface area contributed by atoms with Gasteiger partial charge >= 0.3 is 0 Å². The Labute approximate surface area is 211 Å². The predicted molar refractivity (Wildman–Crippen MR) is 136 cm³/mol. The predicted octanol–water partition coefficient (Wildman–Crippen LogP) is 0.804. The molecular formula is C26H33N3O6S. The van der Waals surface area contributed by atoms with Crippen molar-refractivity contribution in [2.45, 2.75) is 31.9 Å². The number of rotatable bonds is 9. The molecule has 0 bridgehead atoms. The number of nitrogens with zero attached hydrogens (tertiary/aromatic N) is 1. The normalized spacial score (nSPS) is 17.9. The topological polar surface area (TPSA) is 125 Å². The van der Waals surface area contributed by atoms with E-state index in [0.717, 1.165) is 12.8 Å². The first-order valence-electron chi connectivity index (χ1n) is 12.3. The number of hydrogen-bond donors (Lipinski definition) is 3. The van der Waals surface area contributed by atoms with Gasteiger partial charge in [0.2, 0.25) is 0 Å². The first kappa shape index (κ1) is 26.1. The zero-order valence-corrected chi connectivity index (χ0v) is 21.2. The van der Waals surface area contributed by atoms with E-state index in [-0.39, 0.29) is 54.4 Å². The molecule has 4 rings (SSSR count). The van der Waals surface area contributed by atoms with E-state index in [2.05, 4.69) is 22.8 Å². The number of carbonyl (C=O) groups excluding carboxylic acids is 2. The molecule has 0 aromatic heterocycles. The Morgan fingerprint density at radius 1 is 1.08 bits per heavy atom. The highest BCUT2D eigenvalue weighted by atomic mass is 32.2. The van der Waals surface area contributed by atoms with Crippen molar-refractivity contribution in [3.05, 3.63) is 64.7 Å². The average Bonchev–Trinajstić information content (AvgIpc) is 3.29. The molecule has 0 saturated carbocycles. The molecule has 2 aliphatic rings. The van der Waals surface area contributed by atoms with Gasteiger partial charge in [-0.1, -0.05) is 24.3 Å². The molecule has 1 atom stereocenters. The van der Waals surface area contributed by atoms with E-state index < -0.39 is 21.8 Å². The van der Waals surface area contributed by atoms with Crippen LogP contribution in [0.4, 0.5) is 0 Å². The maximum atomic E-state index is 12.9. The Hall–Kier alpha value is -2.95. The molecule has 0 spiro atoms. The van der Waals surface area contributed by atoms with Crippen molar-refractivity contribution in [3.63, 3.8) is 0 Å². The quantitative estimate of drug-likeness (QED) is 0.451. The minimum absolute atomic E-state index is 0.0532. The molecule has 1 saturated heterocycles. The number of nitrogens with one attached hydrogen (secondary N) is 2. The largest absolute Gasteiger partial charge is 0.493 e. The van der Waals surface area contributed by atoms with E-state index in [1.165, 1.54) is 28.2 Å². The van der Waals surface area contributed by atoms with Crippen LogP contribution in [0.1, 0.15) is 38.8 Å². The molecule has 1 aliphatic carbocycles. The van der Waals surface area contributed by atoms with Crippen LogP contribution >= 0.6 is 0 Å². The summed E-state index contributed by atoms with van der Waals surface area (Å²) in [5, 5.41) is 16.5. The molecule has 2 amide bonds. The number of aliphatic hydroxyl groups is 1. The van der Waals surface area contributed by atoms with Crippen molar-refractivity contribution in [1.29, 1.82) is 0 Å². The SMILES string of the molecule is CCOc1cc(C(=O)N2CCS(=O)(=O)CC2)ccc1C(=O)NCC(O)CNC1Cc2ccccc2C1. The van der Waals surface area contributed by atoms with Crippen LogP contribution < -0.4 is 15.4 Å². The third-order valence-electron chi connectivity index (χ3n) is 6.60. The maximum Gasteiger partial charge on any atom is 0.255 e. The highest BCUT2D eigenvalue weighted by Gasteiger charge is 2.27. The second-order valence-corrected chi connectivity index (χ2v) is 11.5. The Bertz CT molecular complexity index is 1180. The second kappa shape index (κ2) is 11.4. The molecule has 10 heteroatoms. The molecule has 2 aromatic carbocycles. The van der Waals surface area contributed by atoms with Crippen LogP contribution in [0.25, 0.3) is 0 Å². The van der Waals surface area contributed by atoms with Crippen LogP contribution in [0, 0.1) is 0 Å². The van der Waals surface area contributed by atoms with Gasteiger partial charge in [0.1, 0.15) is 5.75 Å². The van der Waals surface area contributed by atoms with Crippen molar-refractivity contribution >= 4 is 21.7 Å². The van der Waals surface area contributed by atoms with Gasteiger partial charge in [-0.25, -0.2) is 8.42 Å². The molecule has 1 heterocycles. The molecule has 2 aromatic rings. The molecule has 1 fully saturated rings. The maximum absolute atomic E-state index is 12.9. The number of amides is 2. The van der Waals surface area contributed by atoms with Crippen LogP contribution in [0.5, 0.6) is 5.75 Å². The van der Waals surface area contributed by atoms with E-state index in [1.54, 1.807) is 13.0 Å². The van der Waals surface area contributed by atoms with E-state index in [4.69, 9.17) is 4.74 Å². The number of benzene rings is 2. The summed E-state index contributed by atoms with van der Waals surface area (Å²) in [5.74, 6) is -0.547. The average molecular weight is 516 g/mol. The second-order valence-electron chi connectivity index (χ2n) is 9.23. The van der Waals surface area contributed by atoms with Crippen molar-refractivity contribution in [2.24, 2.45) is 0 Å². The number of sulfone groups is 1. The van der Waals surface area contributed by atoms with Crippen molar-refractivity contribution in [2.75, 3.05) is 44.3 Å². The van der Waals surface area contributed by atoms with Crippen molar-refractivity contribution in [1.82, 2.24) is 15.5 Å². The highest BCUT2D eigenvalue weighted by Crippen LogP contribution is 2.23. The number of ether oxygens (including phenoxy) is 1. The number of fused-ring (bicyclic) bond motifs is 1. The number of hydrogen-bond acceptors (Lipinski definition) is 7. The molecule has 1 unspecified atom stereocenters. The molecule has 0 radical (unpaired) electrons. The summed E-state index contributed by atoms with van der Waals surface area (Å²) in [7, 11) is -3.10. The third-order valence-corrected chi connectivity index (χ3v) is 8.21. The van der Waals surface area contributed by atoms with Gasteiger partial charge in [-0.05, 0) is 49.1 Å². The minimum Gasteiger partial charge on any atom is -0.493 e. The summed E-state index contributed by atoms with van der Waals surface area (Å²) in [6, 6.07) is 13.2. The highest BCUT2D eigenvalue weighted by molar-refractivity contribution is 7.91. The molecular weight excluding hydrogens is 482 g/mol. The van der Waals surface area contributed by atoms with Gasteiger partial charge in [0, 0.05) is 37.8 Å². The van der Waals surface area contributed by atoms with Gasteiger partial charge in [-0.3, -0.25) is 9.59 Å². The van der Waals surface area contributed by atoms with Crippen LogP contribution in [-0.4, -0.2) is 86.7 Å². The van der Waals surface area contributed by atoms with Gasteiger partial charge in [0.25, 0.3) is 11.8 Å². The van der Waals surface area contributed by atoms with E-state index in [0.29, 0.717) is 18.7 Å². The smallest absolute Gasteiger partial charge is 0.255 e. The lowest BCUT2D eigenvalue weighted by atomic mass is 10.1. The fourth-order valence-electron chi connectivity index (χ4n) is 4.60. The fourth-order valence-corrected chi connectivity index (χ4v) is 5.80. The summed E-state index contributed by atoms with van der Waals surface area (Å²) < 4.78 is 28.9. The van der Waals surface area contributed by atoms with Gasteiger partial charge < -0.3 is 25.4 Å². The van der Waals surface area contributed by atoms with Crippen LogP contribution in [-0.2, 0) is 22.7 Å². The lowest BCUT2D eigenvalue weighted by Gasteiger charge is -2.27. The summed E-state index contributed by atoms with van der Waals surface area (Å²) in [6.07, 6.45) is 1.08. The number of aliphatic hydroxyl groups excluding tert-OH is 1. The van der Waals surface area contributed by atoms with Gasteiger partial charge in [0.05, 0.1) is 29.8 Å². The number of carbonyl (C=O) groups is 2. The van der Waals surface area contributed by atoms with Gasteiger partial charge in [-0.15, -0.1) is 0 Å². The zero-order valence-electron chi connectivity index (χ0n) is 20.4. The molecule has 1 aliphatic heterocycles. The van der Waals surface area contributed by atoms with E-state index in [1.807, 2.05) is 12.1 Å². The Kier molecular flexibility index (Phi) is 8.28. The van der Waals surface area contributed by atoms with Crippen molar-refractivity contribution in [3.8, 4) is 5.75 Å². The van der Waals surface area contributed by atoms with Gasteiger partial charge in [0.15, 0.2) is 9.84 Å². The van der Waals surface area contributed by atoms with Gasteiger partial charge in [-0.2, -0.15) is 0 Å². The first-order chi connectivity index (χ1) is 17.3. The third kappa shape index (κ3) is 6.43. The van der Waals surface area contributed by atoms with E-state index in [9.17, 15) is 23.1 Å². The monoisotopic (exact) mass is 515 g/mol. The summed E-state index contributed by atoms with van der Waals surface area (Å²) in [4.78, 5) is 27.2. The lowest BCUT2D eigenvalue weighted by molar-refractivity contribution is 0.0768. The minimum atomic E-state index is -3.10. The van der Waals surface area contributed by atoms with Crippen LogP contribution in [0.2, 0.25) is 0 Å². The Morgan fingerprint density at radius 2 is 1.75 bits per heavy atom.